The van der Waals surface area contributed by atoms with Gasteiger partial charge in [0.25, 0.3) is 0 Å². The molecule has 1 aromatic rings. The summed E-state index contributed by atoms with van der Waals surface area (Å²) in [6, 6.07) is 9.52. The summed E-state index contributed by atoms with van der Waals surface area (Å²) in [4.78, 5) is 14.5. The molecule has 4 nitrogen and oxygen atoms in total. The minimum absolute atomic E-state index is 0.0141. The van der Waals surface area contributed by atoms with Crippen LogP contribution in [0.4, 0.5) is 5.69 Å². The van der Waals surface area contributed by atoms with Crippen LogP contribution in [0.1, 0.15) is 32.8 Å². The number of benzene rings is 1. The van der Waals surface area contributed by atoms with Crippen LogP contribution in [0.5, 0.6) is 0 Å². The van der Waals surface area contributed by atoms with E-state index in [0.717, 1.165) is 13.0 Å². The number of hydrogen-bond acceptors (Lipinski definition) is 3. The second-order valence-electron chi connectivity index (χ2n) is 5.49. The van der Waals surface area contributed by atoms with Crippen LogP contribution in [-0.4, -0.2) is 24.0 Å². The van der Waals surface area contributed by atoms with Gasteiger partial charge < -0.3 is 10.2 Å². The molecule has 4 heteroatoms. The number of nitriles is 1. The third-order valence-corrected chi connectivity index (χ3v) is 3.61. The lowest BCUT2D eigenvalue weighted by Gasteiger charge is -2.33. The van der Waals surface area contributed by atoms with E-state index in [0.29, 0.717) is 11.3 Å². The molecular formula is C15H19N3O. The average Bonchev–Trinajstić information content (AvgIpc) is 2.48. The molecule has 0 radical (unpaired) electrons. The van der Waals surface area contributed by atoms with Gasteiger partial charge in [0.15, 0.2) is 0 Å². The van der Waals surface area contributed by atoms with Gasteiger partial charge in [-0.3, -0.25) is 4.79 Å². The van der Waals surface area contributed by atoms with Crippen molar-refractivity contribution in [2.24, 2.45) is 0 Å². The van der Waals surface area contributed by atoms with Crippen molar-refractivity contribution in [3.8, 4) is 6.07 Å². The van der Waals surface area contributed by atoms with E-state index in [9.17, 15) is 10.1 Å². The Balaban J connectivity index is 2.51. The van der Waals surface area contributed by atoms with Crippen molar-refractivity contribution in [3.63, 3.8) is 0 Å². The second-order valence-corrected chi connectivity index (χ2v) is 5.49. The number of carbonyl (C=O) groups excluding carboxylic acids is 1. The highest BCUT2D eigenvalue weighted by Crippen LogP contribution is 2.27. The molecule has 0 spiro atoms. The lowest BCUT2D eigenvalue weighted by atomic mass is 10.0. The lowest BCUT2D eigenvalue weighted by Crippen LogP contribution is -2.53. The van der Waals surface area contributed by atoms with Gasteiger partial charge in [-0.05, 0) is 45.9 Å². The van der Waals surface area contributed by atoms with Gasteiger partial charge in [0.2, 0.25) is 5.91 Å². The molecule has 0 bridgehead atoms. The van der Waals surface area contributed by atoms with Crippen LogP contribution < -0.4 is 10.2 Å². The molecule has 1 fully saturated rings. The molecule has 0 aromatic heterocycles. The Morgan fingerprint density at radius 3 is 2.79 bits per heavy atom. The molecule has 1 saturated heterocycles. The molecule has 0 saturated carbocycles. The zero-order valence-corrected chi connectivity index (χ0v) is 11.6. The predicted molar refractivity (Wildman–Crippen MR) is 74.8 cm³/mol. The predicted octanol–water partition coefficient (Wildman–Crippen LogP) is 2.05. The molecule has 100 valence electrons. The average molecular weight is 257 g/mol. The van der Waals surface area contributed by atoms with Gasteiger partial charge in [0, 0.05) is 6.04 Å². The van der Waals surface area contributed by atoms with E-state index in [1.165, 1.54) is 0 Å². The molecule has 1 aliphatic heterocycles. The van der Waals surface area contributed by atoms with Gasteiger partial charge >= 0.3 is 0 Å². The number of para-hydroxylation sites is 1. The van der Waals surface area contributed by atoms with Crippen LogP contribution in [0.2, 0.25) is 0 Å². The third-order valence-electron chi connectivity index (χ3n) is 3.61. The molecule has 1 unspecified atom stereocenters. The van der Waals surface area contributed by atoms with Gasteiger partial charge in [0.1, 0.15) is 6.07 Å². The SMILES string of the molecule is CC1CCNC(C)(C)C(=O)N1c1ccccc1C#N. The van der Waals surface area contributed by atoms with Gasteiger partial charge in [-0.25, -0.2) is 0 Å². The Kier molecular flexibility index (Phi) is 3.59. The molecule has 1 aliphatic rings. The molecule has 1 amide bonds. The summed E-state index contributed by atoms with van der Waals surface area (Å²) in [5.74, 6) is 0.0141. The first-order valence-corrected chi connectivity index (χ1v) is 6.55. The van der Waals surface area contributed by atoms with Crippen LogP contribution in [0.3, 0.4) is 0 Å². The van der Waals surface area contributed by atoms with Gasteiger partial charge in [0.05, 0.1) is 16.8 Å². The smallest absolute Gasteiger partial charge is 0.246 e. The number of hydrogen-bond donors (Lipinski definition) is 1. The molecular weight excluding hydrogens is 238 g/mol. The zero-order chi connectivity index (χ0) is 14.0. The quantitative estimate of drug-likeness (QED) is 0.837. The number of carbonyl (C=O) groups is 1. The number of nitrogens with zero attached hydrogens (tertiary/aromatic N) is 2. The van der Waals surface area contributed by atoms with Crippen molar-refractivity contribution in [3.05, 3.63) is 29.8 Å². The maximum Gasteiger partial charge on any atom is 0.246 e. The highest BCUT2D eigenvalue weighted by Gasteiger charge is 2.37. The van der Waals surface area contributed by atoms with E-state index < -0.39 is 5.54 Å². The number of nitrogens with one attached hydrogen (secondary N) is 1. The molecule has 1 atom stereocenters. The summed E-state index contributed by atoms with van der Waals surface area (Å²) in [5, 5.41) is 12.5. The van der Waals surface area contributed by atoms with E-state index in [1.54, 1.807) is 11.0 Å². The molecule has 1 aromatic carbocycles. The van der Waals surface area contributed by atoms with Gasteiger partial charge in [-0.15, -0.1) is 0 Å². The Hall–Kier alpha value is -1.86. The maximum atomic E-state index is 12.7. The van der Waals surface area contributed by atoms with E-state index in [-0.39, 0.29) is 11.9 Å². The van der Waals surface area contributed by atoms with Crippen molar-refractivity contribution in [1.29, 1.82) is 5.26 Å². The van der Waals surface area contributed by atoms with Crippen LogP contribution in [0.25, 0.3) is 0 Å². The van der Waals surface area contributed by atoms with Crippen LogP contribution in [0.15, 0.2) is 24.3 Å². The van der Waals surface area contributed by atoms with Gasteiger partial charge in [-0.1, -0.05) is 12.1 Å². The normalized spacial score (nSPS) is 22.7. The van der Waals surface area contributed by atoms with Crippen LogP contribution in [0, 0.1) is 11.3 Å². The summed E-state index contributed by atoms with van der Waals surface area (Å²) in [7, 11) is 0. The largest absolute Gasteiger partial charge is 0.307 e. The van der Waals surface area contributed by atoms with Crippen molar-refractivity contribution in [2.75, 3.05) is 11.4 Å². The molecule has 19 heavy (non-hydrogen) atoms. The minimum atomic E-state index is -0.604. The zero-order valence-electron chi connectivity index (χ0n) is 11.6. The Bertz CT molecular complexity index is 530. The Morgan fingerprint density at radius 1 is 1.42 bits per heavy atom. The fourth-order valence-electron chi connectivity index (χ4n) is 2.42. The third kappa shape index (κ3) is 2.47. The summed E-state index contributed by atoms with van der Waals surface area (Å²) in [6.07, 6.45) is 0.870. The van der Waals surface area contributed by atoms with Crippen molar-refractivity contribution >= 4 is 11.6 Å². The summed E-state index contributed by atoms with van der Waals surface area (Å²) >= 11 is 0. The van der Waals surface area contributed by atoms with E-state index in [2.05, 4.69) is 11.4 Å². The maximum absolute atomic E-state index is 12.7. The Labute approximate surface area is 114 Å². The van der Waals surface area contributed by atoms with Crippen LogP contribution in [-0.2, 0) is 4.79 Å². The van der Waals surface area contributed by atoms with Crippen LogP contribution >= 0.6 is 0 Å². The number of rotatable bonds is 1. The van der Waals surface area contributed by atoms with Crippen molar-refractivity contribution < 1.29 is 4.79 Å². The van der Waals surface area contributed by atoms with E-state index >= 15 is 0 Å². The monoisotopic (exact) mass is 257 g/mol. The van der Waals surface area contributed by atoms with E-state index in [1.807, 2.05) is 39.0 Å². The standard InChI is InChI=1S/C15H19N3O/c1-11-8-9-17-15(2,3)14(19)18(11)13-7-5-4-6-12(13)10-16/h4-7,11,17H,8-9H2,1-3H3. The summed E-state index contributed by atoms with van der Waals surface area (Å²) < 4.78 is 0. The van der Waals surface area contributed by atoms with Gasteiger partial charge in [-0.2, -0.15) is 5.26 Å². The first kappa shape index (κ1) is 13.6. The first-order valence-electron chi connectivity index (χ1n) is 6.55. The fourth-order valence-corrected chi connectivity index (χ4v) is 2.42. The molecule has 1 heterocycles. The van der Waals surface area contributed by atoms with Crippen molar-refractivity contribution in [1.82, 2.24) is 5.32 Å². The van der Waals surface area contributed by atoms with Crippen molar-refractivity contribution in [2.45, 2.75) is 38.8 Å². The summed E-state index contributed by atoms with van der Waals surface area (Å²) in [6.45, 7) is 6.59. The summed E-state index contributed by atoms with van der Waals surface area (Å²) in [5.41, 5.74) is 0.646. The lowest BCUT2D eigenvalue weighted by molar-refractivity contribution is -0.123. The molecule has 1 N–H and O–H groups in total. The fraction of sp³-hybridized carbons (Fsp3) is 0.467. The highest BCUT2D eigenvalue weighted by atomic mass is 16.2. The minimum Gasteiger partial charge on any atom is -0.307 e. The van der Waals surface area contributed by atoms with E-state index in [4.69, 9.17) is 0 Å². The Morgan fingerprint density at radius 2 is 2.11 bits per heavy atom. The highest BCUT2D eigenvalue weighted by molar-refractivity contribution is 6.01. The molecule has 2 rings (SSSR count). The first-order chi connectivity index (χ1) is 8.97. The topological polar surface area (TPSA) is 56.1 Å². The number of anilines is 1. The number of amides is 1. The second kappa shape index (κ2) is 5.02. The molecule has 0 aliphatic carbocycles.